The Bertz CT molecular complexity index is 2230. The Morgan fingerprint density at radius 3 is 2.30 bits per heavy atom. The van der Waals surface area contributed by atoms with Gasteiger partial charge in [0, 0.05) is 33.1 Å². The largest absolute Gasteiger partial charge is 0.455 e. The highest BCUT2D eigenvalue weighted by atomic mass is 16.3. The molecule has 0 atom stereocenters. The first kappa shape index (κ1) is 29.1. The number of anilines is 3. The molecule has 0 N–H and O–H groups in total. The second-order valence-corrected chi connectivity index (χ2v) is 11.8. The van der Waals surface area contributed by atoms with Crippen LogP contribution in [0.1, 0.15) is 30.4 Å². The molecular formula is C44H37NO. The number of aryl methyl sites for hydroxylation is 1. The van der Waals surface area contributed by atoms with Gasteiger partial charge in [-0.1, -0.05) is 104 Å². The van der Waals surface area contributed by atoms with E-state index in [-0.39, 0.29) is 0 Å². The lowest BCUT2D eigenvalue weighted by molar-refractivity contribution is 0.672. The van der Waals surface area contributed by atoms with Gasteiger partial charge in [-0.3, -0.25) is 0 Å². The van der Waals surface area contributed by atoms with Gasteiger partial charge in [0.15, 0.2) is 0 Å². The SMILES string of the molecule is C=CCCC(=C)c1cccc(N(c2ccccc2CCC=C)c2ccccc2-c2ccc3oc4c5ccccc5ccc4c3c2)c1. The van der Waals surface area contributed by atoms with Crippen molar-refractivity contribution < 1.29 is 4.42 Å². The minimum absolute atomic E-state index is 0.882. The van der Waals surface area contributed by atoms with Gasteiger partial charge in [0.05, 0.1) is 5.69 Å². The maximum atomic E-state index is 6.46. The molecule has 1 aromatic heterocycles. The Morgan fingerprint density at radius 1 is 0.652 bits per heavy atom. The van der Waals surface area contributed by atoms with E-state index >= 15 is 0 Å². The summed E-state index contributed by atoms with van der Waals surface area (Å²) in [7, 11) is 0. The van der Waals surface area contributed by atoms with E-state index in [1.165, 1.54) is 10.9 Å². The molecule has 0 fully saturated rings. The van der Waals surface area contributed by atoms with Crippen LogP contribution in [0.25, 0.3) is 49.4 Å². The first-order valence-electron chi connectivity index (χ1n) is 16.0. The molecule has 2 nitrogen and oxygen atoms in total. The highest BCUT2D eigenvalue weighted by molar-refractivity contribution is 6.15. The molecule has 7 rings (SSSR count). The summed E-state index contributed by atoms with van der Waals surface area (Å²) in [5, 5.41) is 4.56. The monoisotopic (exact) mass is 595 g/mol. The standard InChI is InChI=1S/C44H37NO/c1-4-6-15-31(3)34-19-14-20-36(29-34)45(41-23-12-9-18-33(41)16-7-5-2)42-24-13-11-21-37(42)35-26-28-43-40(30-35)39-27-25-32-17-8-10-22-38(32)44(39)46-43/h4-5,8-14,17-30H,1-3,6-7,15-16H2. The number of allylic oxidation sites excluding steroid dienone is 3. The highest BCUT2D eigenvalue weighted by Crippen LogP contribution is 2.44. The molecule has 0 bridgehead atoms. The molecule has 0 saturated heterocycles. The number of hydrogen-bond donors (Lipinski definition) is 0. The van der Waals surface area contributed by atoms with Gasteiger partial charge in [-0.2, -0.15) is 0 Å². The Labute approximate surface area is 271 Å². The van der Waals surface area contributed by atoms with Crippen LogP contribution in [0.5, 0.6) is 0 Å². The zero-order valence-corrected chi connectivity index (χ0v) is 26.1. The fourth-order valence-electron chi connectivity index (χ4n) is 6.48. The Morgan fingerprint density at radius 2 is 1.43 bits per heavy atom. The van der Waals surface area contributed by atoms with Crippen molar-refractivity contribution in [2.24, 2.45) is 0 Å². The van der Waals surface area contributed by atoms with Gasteiger partial charge in [-0.05, 0) is 95.8 Å². The molecule has 0 aliphatic heterocycles. The van der Waals surface area contributed by atoms with Crippen LogP contribution in [0.15, 0.2) is 164 Å². The highest BCUT2D eigenvalue weighted by Gasteiger charge is 2.21. The number of fused-ring (bicyclic) bond motifs is 5. The van der Waals surface area contributed by atoms with E-state index in [0.29, 0.717) is 0 Å². The molecule has 0 amide bonds. The molecule has 224 valence electrons. The zero-order chi connectivity index (χ0) is 31.5. The lowest BCUT2D eigenvalue weighted by atomic mass is 9.97. The van der Waals surface area contributed by atoms with Crippen LogP contribution in [0.2, 0.25) is 0 Å². The van der Waals surface area contributed by atoms with Crippen molar-refractivity contribution in [3.63, 3.8) is 0 Å². The smallest absolute Gasteiger partial charge is 0.143 e. The quantitative estimate of drug-likeness (QED) is 0.138. The van der Waals surface area contributed by atoms with Crippen LogP contribution in [0, 0.1) is 0 Å². The Kier molecular flexibility index (Phi) is 8.10. The van der Waals surface area contributed by atoms with Crippen LogP contribution in [0.3, 0.4) is 0 Å². The second-order valence-electron chi connectivity index (χ2n) is 11.8. The molecular weight excluding hydrogens is 558 g/mol. The summed E-state index contributed by atoms with van der Waals surface area (Å²) in [6.45, 7) is 12.3. The van der Waals surface area contributed by atoms with Gasteiger partial charge in [0.25, 0.3) is 0 Å². The average Bonchev–Trinajstić information content (AvgIpc) is 3.49. The minimum atomic E-state index is 0.882. The number of rotatable bonds is 11. The summed E-state index contributed by atoms with van der Waals surface area (Å²) < 4.78 is 6.46. The number of nitrogens with zero attached hydrogens (tertiary/aromatic N) is 1. The van der Waals surface area contributed by atoms with Crippen LogP contribution in [-0.4, -0.2) is 0 Å². The summed E-state index contributed by atoms with van der Waals surface area (Å²) in [4.78, 5) is 2.41. The minimum Gasteiger partial charge on any atom is -0.455 e. The summed E-state index contributed by atoms with van der Waals surface area (Å²) in [6.07, 6.45) is 7.55. The summed E-state index contributed by atoms with van der Waals surface area (Å²) in [6, 6.07) is 45.5. The van der Waals surface area contributed by atoms with Crippen molar-refractivity contribution in [2.75, 3.05) is 4.90 Å². The number of hydrogen-bond acceptors (Lipinski definition) is 2. The molecule has 6 aromatic carbocycles. The average molecular weight is 596 g/mol. The lowest BCUT2D eigenvalue weighted by Crippen LogP contribution is -2.13. The van der Waals surface area contributed by atoms with Gasteiger partial charge in [-0.25, -0.2) is 0 Å². The van der Waals surface area contributed by atoms with Gasteiger partial charge >= 0.3 is 0 Å². The van der Waals surface area contributed by atoms with Crippen molar-refractivity contribution in [2.45, 2.75) is 25.7 Å². The van der Waals surface area contributed by atoms with E-state index in [0.717, 1.165) is 92.3 Å². The molecule has 0 unspecified atom stereocenters. The molecule has 0 saturated carbocycles. The van der Waals surface area contributed by atoms with Crippen molar-refractivity contribution in [3.8, 4) is 11.1 Å². The van der Waals surface area contributed by atoms with E-state index in [1.54, 1.807) is 0 Å². The third kappa shape index (κ3) is 5.44. The van der Waals surface area contributed by atoms with E-state index in [1.807, 2.05) is 12.2 Å². The van der Waals surface area contributed by atoms with Crippen molar-refractivity contribution >= 4 is 55.3 Å². The van der Waals surface area contributed by atoms with Crippen molar-refractivity contribution in [3.05, 3.63) is 170 Å². The molecule has 7 aromatic rings. The van der Waals surface area contributed by atoms with E-state index in [2.05, 4.69) is 152 Å². The number of para-hydroxylation sites is 2. The van der Waals surface area contributed by atoms with Gasteiger partial charge in [-0.15, -0.1) is 13.2 Å². The van der Waals surface area contributed by atoms with Crippen molar-refractivity contribution in [1.82, 2.24) is 0 Å². The molecule has 0 spiro atoms. The van der Waals surface area contributed by atoms with Crippen molar-refractivity contribution in [1.29, 1.82) is 0 Å². The molecule has 0 aliphatic carbocycles. The summed E-state index contributed by atoms with van der Waals surface area (Å²) in [5.74, 6) is 0. The third-order valence-corrected chi connectivity index (χ3v) is 8.83. The maximum Gasteiger partial charge on any atom is 0.143 e. The topological polar surface area (TPSA) is 16.4 Å². The van der Waals surface area contributed by atoms with Gasteiger partial charge < -0.3 is 9.32 Å². The Hall–Kier alpha value is -5.60. The van der Waals surface area contributed by atoms with E-state index in [4.69, 9.17) is 4.42 Å². The first-order valence-corrected chi connectivity index (χ1v) is 16.0. The molecule has 1 heterocycles. The van der Waals surface area contributed by atoms with Gasteiger partial charge in [0.2, 0.25) is 0 Å². The normalized spacial score (nSPS) is 11.2. The van der Waals surface area contributed by atoms with E-state index < -0.39 is 0 Å². The van der Waals surface area contributed by atoms with Crippen LogP contribution in [-0.2, 0) is 6.42 Å². The molecule has 0 aliphatic rings. The third-order valence-electron chi connectivity index (χ3n) is 8.83. The summed E-state index contributed by atoms with van der Waals surface area (Å²) >= 11 is 0. The Balaban J connectivity index is 1.42. The molecule has 0 radical (unpaired) electrons. The predicted molar refractivity (Wildman–Crippen MR) is 198 cm³/mol. The zero-order valence-electron chi connectivity index (χ0n) is 26.1. The van der Waals surface area contributed by atoms with Crippen LogP contribution < -0.4 is 4.90 Å². The number of benzene rings is 6. The summed E-state index contributed by atoms with van der Waals surface area (Å²) in [5.41, 5.74) is 11.0. The molecule has 46 heavy (non-hydrogen) atoms. The molecule has 2 heteroatoms. The van der Waals surface area contributed by atoms with Crippen LogP contribution in [0.4, 0.5) is 17.1 Å². The fourth-order valence-corrected chi connectivity index (χ4v) is 6.48. The van der Waals surface area contributed by atoms with E-state index in [9.17, 15) is 0 Å². The predicted octanol–water partition coefficient (Wildman–Crippen LogP) is 13.0. The first-order chi connectivity index (χ1) is 22.7. The lowest BCUT2D eigenvalue weighted by Gasteiger charge is -2.30. The van der Waals surface area contributed by atoms with Crippen LogP contribution >= 0.6 is 0 Å². The second kappa shape index (κ2) is 12.8. The fraction of sp³-hybridized carbons (Fsp3) is 0.0909. The van der Waals surface area contributed by atoms with Gasteiger partial charge in [0.1, 0.15) is 11.2 Å². The number of furan rings is 1. The maximum absolute atomic E-state index is 6.46.